The second-order valence-electron chi connectivity index (χ2n) is 8.89. The third-order valence-corrected chi connectivity index (χ3v) is 9.47. The number of allylic oxidation sites excluding steroid dienone is 1. The molecule has 3 aromatic carbocycles. The number of anilines is 1. The van der Waals surface area contributed by atoms with Gasteiger partial charge in [-0.1, -0.05) is 62.4 Å². The molecule has 2 heterocycles. The fraction of sp³-hybridized carbons (Fsp3) is 0.148. The third-order valence-electron chi connectivity index (χ3n) is 6.22. The van der Waals surface area contributed by atoms with Crippen LogP contribution < -0.4 is 14.7 Å². The summed E-state index contributed by atoms with van der Waals surface area (Å²) in [5.74, 6) is 2.92. The van der Waals surface area contributed by atoms with Crippen LogP contribution in [0.5, 0.6) is 5.75 Å². The molecule has 0 spiro atoms. The molecular formula is C27H26N5OPS. The summed E-state index contributed by atoms with van der Waals surface area (Å²) < 4.78 is 8.19. The van der Waals surface area contributed by atoms with Gasteiger partial charge in [0, 0.05) is 35.0 Å². The van der Waals surface area contributed by atoms with Crippen molar-refractivity contribution in [2.45, 2.75) is 19.3 Å². The van der Waals surface area contributed by atoms with Gasteiger partial charge in [-0.25, -0.2) is 4.68 Å². The van der Waals surface area contributed by atoms with Crippen molar-refractivity contribution in [2.24, 2.45) is 5.10 Å². The lowest BCUT2D eigenvalue weighted by molar-refractivity contribution is 0.619. The van der Waals surface area contributed by atoms with Gasteiger partial charge in [-0.2, -0.15) is 5.10 Å². The molecule has 1 aliphatic rings. The van der Waals surface area contributed by atoms with Crippen LogP contribution in [0.2, 0.25) is 0 Å². The zero-order valence-corrected chi connectivity index (χ0v) is 21.5. The number of para-hydroxylation sites is 1. The van der Waals surface area contributed by atoms with Crippen LogP contribution in [0, 0.1) is 0 Å². The number of aromatic nitrogens is 3. The maximum Gasteiger partial charge on any atom is 0.166 e. The molecule has 1 atom stereocenters. The van der Waals surface area contributed by atoms with Gasteiger partial charge in [-0.15, -0.1) is 10.2 Å². The molecular weight excluding hydrogens is 473 g/mol. The first-order chi connectivity index (χ1) is 16.9. The number of hydrogen-bond donors (Lipinski definition) is 0. The smallest absolute Gasteiger partial charge is 0.166 e. The molecule has 0 radical (unpaired) electrons. The predicted molar refractivity (Wildman–Crippen MR) is 146 cm³/mol. The highest BCUT2D eigenvalue weighted by Crippen LogP contribution is 2.55. The van der Waals surface area contributed by atoms with Crippen LogP contribution in [-0.4, -0.2) is 28.1 Å². The largest absolute Gasteiger partial charge is 0.458 e. The average Bonchev–Trinajstić information content (AvgIpc) is 3.46. The van der Waals surface area contributed by atoms with Crippen molar-refractivity contribution in [2.75, 3.05) is 11.9 Å². The summed E-state index contributed by atoms with van der Waals surface area (Å²) in [6.07, 6.45) is 2.24. The van der Waals surface area contributed by atoms with Crippen molar-refractivity contribution < 1.29 is 4.52 Å². The summed E-state index contributed by atoms with van der Waals surface area (Å²) in [6, 6.07) is 26.5. The average molecular weight is 500 g/mol. The fourth-order valence-electron chi connectivity index (χ4n) is 4.34. The lowest BCUT2D eigenvalue weighted by Crippen LogP contribution is -2.24. The molecule has 5 rings (SSSR count). The molecule has 0 fully saturated rings. The van der Waals surface area contributed by atoms with Crippen LogP contribution in [0.25, 0.3) is 0 Å². The van der Waals surface area contributed by atoms with E-state index in [1.165, 1.54) is 23.9 Å². The van der Waals surface area contributed by atoms with Crippen LogP contribution >= 0.6 is 6.26 Å². The van der Waals surface area contributed by atoms with E-state index < -0.39 is 6.26 Å². The molecule has 0 N–H and O–H groups in total. The van der Waals surface area contributed by atoms with Crippen LogP contribution in [0.3, 0.4) is 0 Å². The highest BCUT2D eigenvalue weighted by molar-refractivity contribution is 8.17. The summed E-state index contributed by atoms with van der Waals surface area (Å²) in [5, 5.41) is 12.8. The maximum atomic E-state index is 6.65. The number of hydrogen-bond acceptors (Lipinski definition) is 6. The Balaban J connectivity index is 1.50. The van der Waals surface area contributed by atoms with Crippen molar-refractivity contribution >= 4 is 35.3 Å². The lowest BCUT2D eigenvalue weighted by Gasteiger charge is -2.28. The molecule has 1 aromatic heterocycles. The van der Waals surface area contributed by atoms with Gasteiger partial charge in [0.2, 0.25) is 0 Å². The van der Waals surface area contributed by atoms with Gasteiger partial charge in [0.05, 0.1) is 6.21 Å². The summed E-state index contributed by atoms with van der Waals surface area (Å²) in [5.41, 5.74) is 4.40. The second-order valence-corrected chi connectivity index (χ2v) is 12.7. The van der Waals surface area contributed by atoms with Gasteiger partial charge in [-0.3, -0.25) is 0 Å². The highest BCUT2D eigenvalue weighted by Gasteiger charge is 2.40. The number of fused-ring (bicyclic) bond motifs is 1. The summed E-state index contributed by atoms with van der Waals surface area (Å²) in [7, 11) is 2.11. The second kappa shape index (κ2) is 9.25. The highest BCUT2D eigenvalue weighted by atomic mass is 32.4. The van der Waals surface area contributed by atoms with Crippen LogP contribution in [-0.2, 0) is 17.2 Å². The van der Waals surface area contributed by atoms with Gasteiger partial charge in [-0.05, 0) is 53.3 Å². The topological polar surface area (TPSA) is 55.5 Å². The molecule has 0 aliphatic carbocycles. The number of benzene rings is 3. The van der Waals surface area contributed by atoms with Gasteiger partial charge < -0.3 is 9.42 Å². The van der Waals surface area contributed by atoms with E-state index in [1.54, 1.807) is 10.9 Å². The minimum absolute atomic E-state index is 0.184. The SMILES string of the molecule is CN1/C(=C\P(=S)(Oc2ccc(C=Nn3cnnc3)cc2)c2ccccc2)C(C)(C)c2ccccc21. The Morgan fingerprint density at radius 1 is 0.914 bits per heavy atom. The van der Waals surface area contributed by atoms with Crippen molar-refractivity contribution in [3.63, 3.8) is 0 Å². The number of nitrogens with zero attached hydrogens (tertiary/aromatic N) is 5. The van der Waals surface area contributed by atoms with Crippen molar-refractivity contribution in [1.29, 1.82) is 0 Å². The molecule has 0 saturated carbocycles. The molecule has 6 nitrogen and oxygen atoms in total. The zero-order valence-electron chi connectivity index (χ0n) is 19.8. The Kier molecular flexibility index (Phi) is 6.13. The quantitative estimate of drug-likeness (QED) is 0.258. The Morgan fingerprint density at radius 2 is 1.57 bits per heavy atom. The van der Waals surface area contributed by atoms with Crippen LogP contribution in [0.15, 0.2) is 108 Å². The zero-order chi connectivity index (χ0) is 24.5. The monoisotopic (exact) mass is 499 g/mol. The predicted octanol–water partition coefficient (Wildman–Crippen LogP) is 5.53. The molecule has 0 bridgehead atoms. The molecule has 4 aromatic rings. The van der Waals surface area contributed by atoms with Crippen molar-refractivity contribution in [3.8, 4) is 5.75 Å². The maximum absolute atomic E-state index is 6.65. The van der Waals surface area contributed by atoms with E-state index >= 15 is 0 Å². The minimum atomic E-state index is -2.58. The number of rotatable bonds is 6. The Labute approximate surface area is 210 Å². The first-order valence-corrected chi connectivity index (χ1v) is 14.1. The van der Waals surface area contributed by atoms with Gasteiger partial charge in [0.15, 0.2) is 6.26 Å². The molecule has 8 heteroatoms. The first-order valence-electron chi connectivity index (χ1n) is 11.3. The molecule has 1 aliphatic heterocycles. The van der Waals surface area contributed by atoms with E-state index in [1.807, 2.05) is 42.5 Å². The summed E-state index contributed by atoms with van der Waals surface area (Å²) in [4.78, 5) is 2.24. The lowest BCUT2D eigenvalue weighted by atomic mass is 9.84. The molecule has 0 amide bonds. The number of likely N-dealkylation sites (N-methyl/N-ethyl adjacent to an activating group) is 1. The van der Waals surface area contributed by atoms with Crippen LogP contribution in [0.1, 0.15) is 25.0 Å². The normalized spacial score (nSPS) is 17.5. The van der Waals surface area contributed by atoms with Crippen molar-refractivity contribution in [1.82, 2.24) is 14.9 Å². The van der Waals surface area contributed by atoms with E-state index in [-0.39, 0.29) is 5.41 Å². The third kappa shape index (κ3) is 4.57. The Hall–Kier alpha value is -3.54. The molecule has 1 unspecified atom stereocenters. The van der Waals surface area contributed by atoms with Crippen LogP contribution in [0.4, 0.5) is 5.69 Å². The Bertz CT molecular complexity index is 1430. The standard InChI is InChI=1S/C27H26N5OPS/c1-27(2)24-11-7-8-12-25(24)31(3)26(27)18-34(35,23-9-5-4-6-10-23)33-22-15-13-21(14-16-22)17-30-32-19-28-29-20-32/h4-20H,1-3H3/b26-18-,30-17?. The summed E-state index contributed by atoms with van der Waals surface area (Å²) >= 11 is 6.33. The molecule has 176 valence electrons. The van der Waals surface area contributed by atoms with E-state index in [0.29, 0.717) is 0 Å². The van der Waals surface area contributed by atoms with Gasteiger partial charge >= 0.3 is 0 Å². The van der Waals surface area contributed by atoms with Gasteiger partial charge in [0.1, 0.15) is 18.4 Å². The Morgan fingerprint density at radius 3 is 2.26 bits per heavy atom. The molecule has 35 heavy (non-hydrogen) atoms. The van der Waals surface area contributed by atoms with E-state index in [9.17, 15) is 0 Å². The summed E-state index contributed by atoms with van der Waals surface area (Å²) in [6.45, 7) is 4.49. The van der Waals surface area contributed by atoms with E-state index in [2.05, 4.69) is 83.3 Å². The van der Waals surface area contributed by atoms with Gasteiger partial charge in [0.25, 0.3) is 0 Å². The van der Waals surface area contributed by atoms with E-state index in [4.69, 9.17) is 16.3 Å². The first kappa shape index (κ1) is 23.2. The molecule has 0 saturated heterocycles. The minimum Gasteiger partial charge on any atom is -0.458 e. The van der Waals surface area contributed by atoms with E-state index in [0.717, 1.165) is 22.3 Å². The van der Waals surface area contributed by atoms with Crippen molar-refractivity contribution in [3.05, 3.63) is 114 Å². The fourth-order valence-corrected chi connectivity index (χ4v) is 7.41.